The maximum atomic E-state index is 9.78. The molecule has 0 bridgehead atoms. The zero-order chi connectivity index (χ0) is 17.6. The summed E-state index contributed by atoms with van der Waals surface area (Å²) >= 11 is 0. The van der Waals surface area contributed by atoms with Crippen molar-refractivity contribution in [2.45, 2.75) is 89.1 Å². The first-order valence-electron chi connectivity index (χ1n) is 9.55. The van der Waals surface area contributed by atoms with Crippen molar-refractivity contribution >= 4 is 0 Å². The van der Waals surface area contributed by atoms with Crippen LogP contribution in [0.3, 0.4) is 0 Å². The summed E-state index contributed by atoms with van der Waals surface area (Å²) in [6.07, 6.45) is 12.2. The summed E-state index contributed by atoms with van der Waals surface area (Å²) in [5.41, 5.74) is 0. The predicted molar refractivity (Wildman–Crippen MR) is 94.9 cm³/mol. The zero-order valence-electron chi connectivity index (χ0n) is 15.1. The van der Waals surface area contributed by atoms with Crippen molar-refractivity contribution in [3.8, 4) is 0 Å². The largest absolute Gasteiger partial charge is 0.394 e. The van der Waals surface area contributed by atoms with Crippen molar-refractivity contribution in [3.05, 3.63) is 12.2 Å². The fraction of sp³-hybridized carbons (Fsp3) is 0.895. The number of hydrogen-bond acceptors (Lipinski definition) is 5. The third kappa shape index (κ3) is 8.58. The van der Waals surface area contributed by atoms with Gasteiger partial charge in [-0.3, -0.25) is 0 Å². The molecule has 5 heteroatoms. The quantitative estimate of drug-likeness (QED) is 0.333. The Balaban J connectivity index is 1.97. The molecule has 1 fully saturated rings. The molecule has 0 aliphatic carbocycles. The van der Waals surface area contributed by atoms with Gasteiger partial charge in [0.05, 0.1) is 13.2 Å². The fourth-order valence-corrected chi connectivity index (χ4v) is 2.90. The van der Waals surface area contributed by atoms with Gasteiger partial charge in [-0.05, 0) is 32.1 Å². The molecular formula is C19H36O5. The maximum absolute atomic E-state index is 9.78. The molecule has 0 unspecified atom stereocenters. The van der Waals surface area contributed by atoms with Crippen LogP contribution in [0, 0.1) is 0 Å². The Morgan fingerprint density at radius 3 is 2.29 bits per heavy atom. The SMILES string of the molecule is CCCCC/C=C/CCCCCCO[C@H](CO)[C@@H]1OC[C@H](O)[C@@H]1O. The molecule has 5 nitrogen and oxygen atoms in total. The van der Waals surface area contributed by atoms with E-state index in [0.717, 1.165) is 19.3 Å². The number of hydrogen-bond donors (Lipinski definition) is 3. The van der Waals surface area contributed by atoms with E-state index in [1.54, 1.807) is 0 Å². The molecule has 0 spiro atoms. The van der Waals surface area contributed by atoms with Crippen LogP contribution in [-0.4, -0.2) is 59.6 Å². The van der Waals surface area contributed by atoms with Gasteiger partial charge >= 0.3 is 0 Å². The second-order valence-electron chi connectivity index (χ2n) is 6.62. The average molecular weight is 344 g/mol. The maximum Gasteiger partial charge on any atom is 0.114 e. The number of aliphatic hydroxyl groups excluding tert-OH is 3. The minimum absolute atomic E-state index is 0.0949. The van der Waals surface area contributed by atoms with E-state index >= 15 is 0 Å². The topological polar surface area (TPSA) is 79.2 Å². The molecule has 142 valence electrons. The molecule has 0 aromatic heterocycles. The van der Waals surface area contributed by atoms with E-state index in [-0.39, 0.29) is 13.2 Å². The standard InChI is InChI=1S/C19H36O5/c1-2-3-4-5-6-7-8-9-10-11-12-13-23-17(14-20)19-18(22)16(21)15-24-19/h6-7,16-22H,2-5,8-15H2,1H3/b7-6+/t16-,17+,18-,19-/m0/s1. The highest BCUT2D eigenvalue weighted by Gasteiger charge is 2.40. The lowest BCUT2D eigenvalue weighted by Crippen LogP contribution is -2.42. The van der Waals surface area contributed by atoms with E-state index in [0.29, 0.717) is 6.61 Å². The Hall–Kier alpha value is -0.460. The molecule has 1 saturated heterocycles. The van der Waals surface area contributed by atoms with Crippen molar-refractivity contribution in [1.82, 2.24) is 0 Å². The monoisotopic (exact) mass is 344 g/mol. The summed E-state index contributed by atoms with van der Waals surface area (Å²) in [7, 11) is 0. The molecule has 0 aromatic rings. The molecule has 4 atom stereocenters. The molecule has 24 heavy (non-hydrogen) atoms. The number of unbranched alkanes of at least 4 members (excludes halogenated alkanes) is 7. The van der Waals surface area contributed by atoms with Crippen LogP contribution in [0.25, 0.3) is 0 Å². The van der Waals surface area contributed by atoms with Gasteiger partial charge in [-0.1, -0.05) is 44.8 Å². The summed E-state index contributed by atoms with van der Waals surface area (Å²) in [5.74, 6) is 0. The van der Waals surface area contributed by atoms with Gasteiger partial charge in [0.2, 0.25) is 0 Å². The van der Waals surface area contributed by atoms with Crippen LogP contribution in [0.2, 0.25) is 0 Å². The number of rotatable bonds is 14. The highest BCUT2D eigenvalue weighted by atomic mass is 16.6. The lowest BCUT2D eigenvalue weighted by Gasteiger charge is -2.24. The minimum atomic E-state index is -0.980. The van der Waals surface area contributed by atoms with Crippen molar-refractivity contribution in [1.29, 1.82) is 0 Å². The highest BCUT2D eigenvalue weighted by Crippen LogP contribution is 2.19. The first kappa shape index (κ1) is 21.6. The number of allylic oxidation sites excluding steroid dienone is 2. The first-order valence-corrected chi connectivity index (χ1v) is 9.55. The van der Waals surface area contributed by atoms with Crippen LogP contribution in [0.5, 0.6) is 0 Å². The van der Waals surface area contributed by atoms with Gasteiger partial charge in [-0.15, -0.1) is 0 Å². The third-order valence-electron chi connectivity index (χ3n) is 4.47. The van der Waals surface area contributed by atoms with Crippen LogP contribution in [0.4, 0.5) is 0 Å². The smallest absolute Gasteiger partial charge is 0.114 e. The summed E-state index contributed by atoms with van der Waals surface area (Å²) < 4.78 is 10.9. The molecule has 0 amide bonds. The highest BCUT2D eigenvalue weighted by molar-refractivity contribution is 4.88. The molecule has 0 aromatic carbocycles. The van der Waals surface area contributed by atoms with Crippen LogP contribution in [0.15, 0.2) is 12.2 Å². The van der Waals surface area contributed by atoms with Gasteiger partial charge in [0, 0.05) is 6.61 Å². The van der Waals surface area contributed by atoms with E-state index in [1.807, 2.05) is 0 Å². The van der Waals surface area contributed by atoms with E-state index in [1.165, 1.54) is 38.5 Å². The second-order valence-corrected chi connectivity index (χ2v) is 6.62. The summed E-state index contributed by atoms with van der Waals surface area (Å²) in [4.78, 5) is 0. The summed E-state index contributed by atoms with van der Waals surface area (Å²) in [5, 5.41) is 28.6. The van der Waals surface area contributed by atoms with Crippen molar-refractivity contribution < 1.29 is 24.8 Å². The Labute approximate surface area is 146 Å². The lowest BCUT2D eigenvalue weighted by molar-refractivity contribution is -0.101. The molecule has 1 rings (SSSR count). The van der Waals surface area contributed by atoms with Gasteiger partial charge in [0.15, 0.2) is 0 Å². The molecule has 0 saturated carbocycles. The van der Waals surface area contributed by atoms with E-state index in [4.69, 9.17) is 9.47 Å². The van der Waals surface area contributed by atoms with Gasteiger partial charge in [0.1, 0.15) is 24.4 Å². The van der Waals surface area contributed by atoms with Crippen LogP contribution >= 0.6 is 0 Å². The van der Waals surface area contributed by atoms with Gasteiger partial charge in [-0.25, -0.2) is 0 Å². The molecule has 1 aliphatic rings. The van der Waals surface area contributed by atoms with Gasteiger partial charge < -0.3 is 24.8 Å². The van der Waals surface area contributed by atoms with E-state index in [9.17, 15) is 15.3 Å². The average Bonchev–Trinajstić information content (AvgIpc) is 2.92. The molecule has 1 heterocycles. The molecule has 1 aliphatic heterocycles. The lowest BCUT2D eigenvalue weighted by atomic mass is 10.1. The number of aliphatic hydroxyl groups is 3. The summed E-state index contributed by atoms with van der Waals surface area (Å²) in [6.45, 7) is 2.65. The second kappa shape index (κ2) is 13.8. The Morgan fingerprint density at radius 1 is 1.04 bits per heavy atom. The van der Waals surface area contributed by atoms with Gasteiger partial charge in [-0.2, -0.15) is 0 Å². The Bertz CT molecular complexity index is 321. The fourth-order valence-electron chi connectivity index (χ4n) is 2.90. The first-order chi connectivity index (χ1) is 11.7. The summed E-state index contributed by atoms with van der Waals surface area (Å²) in [6, 6.07) is 0. The van der Waals surface area contributed by atoms with Gasteiger partial charge in [0.25, 0.3) is 0 Å². The normalized spacial score (nSPS) is 25.6. The van der Waals surface area contributed by atoms with Crippen molar-refractivity contribution in [3.63, 3.8) is 0 Å². The predicted octanol–water partition coefficient (Wildman–Crippen LogP) is 2.57. The zero-order valence-corrected chi connectivity index (χ0v) is 15.1. The van der Waals surface area contributed by atoms with Crippen LogP contribution in [0.1, 0.15) is 64.7 Å². The van der Waals surface area contributed by atoms with E-state index in [2.05, 4.69) is 19.1 Å². The minimum Gasteiger partial charge on any atom is -0.394 e. The van der Waals surface area contributed by atoms with Crippen molar-refractivity contribution in [2.75, 3.05) is 19.8 Å². The third-order valence-corrected chi connectivity index (χ3v) is 4.47. The molecular weight excluding hydrogens is 308 g/mol. The Kier molecular flexibility index (Phi) is 12.4. The van der Waals surface area contributed by atoms with Crippen molar-refractivity contribution in [2.24, 2.45) is 0 Å². The van der Waals surface area contributed by atoms with Crippen LogP contribution in [-0.2, 0) is 9.47 Å². The molecule has 0 radical (unpaired) electrons. The number of ether oxygens (including phenoxy) is 2. The van der Waals surface area contributed by atoms with E-state index < -0.39 is 24.4 Å². The Morgan fingerprint density at radius 2 is 1.71 bits per heavy atom. The molecule has 3 N–H and O–H groups in total. The van der Waals surface area contributed by atoms with Crippen LogP contribution < -0.4 is 0 Å².